The van der Waals surface area contributed by atoms with Gasteiger partial charge in [-0.05, 0) is 29.6 Å². The van der Waals surface area contributed by atoms with Gasteiger partial charge >= 0.3 is 5.97 Å². The third-order valence-electron chi connectivity index (χ3n) is 2.94. The van der Waals surface area contributed by atoms with Gasteiger partial charge in [-0.15, -0.1) is 16.4 Å². The van der Waals surface area contributed by atoms with E-state index in [1.807, 2.05) is 17.5 Å². The molecule has 5 nitrogen and oxygen atoms in total. The number of hydrogen-bond donors (Lipinski definition) is 1. The van der Waals surface area contributed by atoms with Gasteiger partial charge in [0, 0.05) is 11.3 Å². The zero-order valence-corrected chi connectivity index (χ0v) is 11.5. The molecule has 0 saturated carbocycles. The number of nitrogens with zero attached hydrogens (tertiary/aromatic N) is 3. The summed E-state index contributed by atoms with van der Waals surface area (Å²) in [5.41, 5.74) is 0.754. The molecule has 21 heavy (non-hydrogen) atoms. The molecule has 0 unspecified atom stereocenters. The molecule has 0 radical (unpaired) electrons. The average molecular weight is 303 g/mol. The summed E-state index contributed by atoms with van der Waals surface area (Å²) in [5.74, 6) is -1.56. The first-order chi connectivity index (χ1) is 10.1. The van der Waals surface area contributed by atoms with Gasteiger partial charge in [0.2, 0.25) is 0 Å². The highest BCUT2D eigenvalue weighted by atomic mass is 32.1. The van der Waals surface area contributed by atoms with Crippen LogP contribution in [-0.4, -0.2) is 26.1 Å². The van der Waals surface area contributed by atoms with Crippen molar-refractivity contribution in [3.05, 3.63) is 63.9 Å². The number of thiophene rings is 1. The summed E-state index contributed by atoms with van der Waals surface area (Å²) in [6.45, 7) is 0. The number of carboxylic acid groups (broad SMARTS) is 1. The molecule has 0 aliphatic rings. The summed E-state index contributed by atoms with van der Waals surface area (Å²) in [4.78, 5) is 12.3. The van der Waals surface area contributed by atoms with Crippen LogP contribution in [0.4, 0.5) is 4.39 Å². The molecule has 0 saturated heterocycles. The first-order valence-electron chi connectivity index (χ1n) is 6.11. The van der Waals surface area contributed by atoms with Crippen molar-refractivity contribution in [1.29, 1.82) is 0 Å². The predicted molar refractivity (Wildman–Crippen MR) is 75.4 cm³/mol. The van der Waals surface area contributed by atoms with Crippen molar-refractivity contribution in [1.82, 2.24) is 15.0 Å². The number of rotatable bonds is 4. The second kappa shape index (κ2) is 5.45. The number of benzene rings is 1. The van der Waals surface area contributed by atoms with E-state index in [2.05, 4.69) is 10.3 Å². The molecule has 0 amide bonds. The molecule has 7 heteroatoms. The van der Waals surface area contributed by atoms with Crippen molar-refractivity contribution >= 4 is 17.3 Å². The molecule has 2 aromatic heterocycles. The Morgan fingerprint density at radius 3 is 2.86 bits per heavy atom. The summed E-state index contributed by atoms with van der Waals surface area (Å²) in [5, 5.41) is 18.7. The van der Waals surface area contributed by atoms with Crippen molar-refractivity contribution in [3.63, 3.8) is 0 Å². The minimum absolute atomic E-state index is 0.118. The SMILES string of the molecule is O=C(O)c1nnn(-c2cccc(F)c2)c1Cc1cccs1. The van der Waals surface area contributed by atoms with E-state index in [0.717, 1.165) is 4.88 Å². The lowest BCUT2D eigenvalue weighted by Crippen LogP contribution is -2.07. The summed E-state index contributed by atoms with van der Waals surface area (Å²) in [7, 11) is 0. The normalized spacial score (nSPS) is 10.7. The average Bonchev–Trinajstić information content (AvgIpc) is 3.08. The van der Waals surface area contributed by atoms with E-state index >= 15 is 0 Å². The van der Waals surface area contributed by atoms with Crippen LogP contribution in [0.1, 0.15) is 21.1 Å². The molecule has 2 heterocycles. The Kier molecular flexibility index (Phi) is 3.49. The smallest absolute Gasteiger partial charge is 0.358 e. The lowest BCUT2D eigenvalue weighted by atomic mass is 10.2. The molecule has 1 aromatic carbocycles. The molecule has 0 aliphatic heterocycles. The molecule has 1 N–H and O–H groups in total. The van der Waals surface area contributed by atoms with Gasteiger partial charge in [-0.25, -0.2) is 13.9 Å². The van der Waals surface area contributed by atoms with E-state index < -0.39 is 11.8 Å². The van der Waals surface area contributed by atoms with Crippen LogP contribution in [0.5, 0.6) is 0 Å². The van der Waals surface area contributed by atoms with Crippen molar-refractivity contribution in [3.8, 4) is 5.69 Å². The monoisotopic (exact) mass is 303 g/mol. The summed E-state index contributed by atoms with van der Waals surface area (Å²) in [6, 6.07) is 9.59. The first-order valence-corrected chi connectivity index (χ1v) is 6.99. The highest BCUT2D eigenvalue weighted by Gasteiger charge is 2.20. The van der Waals surface area contributed by atoms with E-state index in [1.54, 1.807) is 12.1 Å². The molecule has 3 aromatic rings. The fourth-order valence-corrected chi connectivity index (χ4v) is 2.73. The summed E-state index contributed by atoms with van der Waals surface area (Å²) >= 11 is 1.51. The highest BCUT2D eigenvalue weighted by molar-refractivity contribution is 7.09. The van der Waals surface area contributed by atoms with E-state index in [1.165, 1.54) is 28.2 Å². The lowest BCUT2D eigenvalue weighted by Gasteiger charge is -2.06. The van der Waals surface area contributed by atoms with Crippen molar-refractivity contribution in [2.75, 3.05) is 0 Å². The molecular formula is C14H10FN3O2S. The summed E-state index contributed by atoms with van der Waals surface area (Å²) < 4.78 is 14.7. The zero-order valence-electron chi connectivity index (χ0n) is 10.7. The van der Waals surface area contributed by atoms with Crippen LogP contribution in [0.25, 0.3) is 5.69 Å². The minimum atomic E-state index is -1.15. The fraction of sp³-hybridized carbons (Fsp3) is 0.0714. The minimum Gasteiger partial charge on any atom is -0.476 e. The van der Waals surface area contributed by atoms with Crippen LogP contribution in [0.3, 0.4) is 0 Å². The Morgan fingerprint density at radius 1 is 1.33 bits per heavy atom. The van der Waals surface area contributed by atoms with Crippen LogP contribution in [-0.2, 0) is 6.42 Å². The number of aromatic carboxylic acids is 1. The van der Waals surface area contributed by atoms with E-state index in [-0.39, 0.29) is 5.69 Å². The van der Waals surface area contributed by atoms with Crippen LogP contribution in [0.2, 0.25) is 0 Å². The Labute approximate surface area is 123 Å². The Bertz CT molecular complexity index is 783. The van der Waals surface area contributed by atoms with Crippen LogP contribution < -0.4 is 0 Å². The van der Waals surface area contributed by atoms with Gasteiger partial charge in [0.25, 0.3) is 0 Å². The van der Waals surface area contributed by atoms with Gasteiger partial charge in [-0.1, -0.05) is 17.3 Å². The number of halogens is 1. The predicted octanol–water partition coefficient (Wildman–Crippen LogP) is 2.76. The number of carbonyl (C=O) groups is 1. The second-order valence-corrected chi connectivity index (χ2v) is 5.37. The largest absolute Gasteiger partial charge is 0.476 e. The van der Waals surface area contributed by atoms with Crippen LogP contribution in [0.15, 0.2) is 41.8 Å². The molecule has 0 spiro atoms. The molecule has 0 aliphatic carbocycles. The number of carboxylic acids is 1. The van der Waals surface area contributed by atoms with Gasteiger partial charge in [-0.3, -0.25) is 0 Å². The van der Waals surface area contributed by atoms with Crippen LogP contribution >= 0.6 is 11.3 Å². The number of hydrogen-bond acceptors (Lipinski definition) is 4. The van der Waals surface area contributed by atoms with Gasteiger partial charge in [0.1, 0.15) is 5.82 Å². The van der Waals surface area contributed by atoms with Gasteiger partial charge in [0.05, 0.1) is 11.4 Å². The van der Waals surface area contributed by atoms with Crippen molar-refractivity contribution in [2.24, 2.45) is 0 Å². The quantitative estimate of drug-likeness (QED) is 0.804. The standard InChI is InChI=1S/C14H10FN3O2S/c15-9-3-1-4-10(7-9)18-12(8-11-5-2-6-21-11)13(14(19)20)16-17-18/h1-7H,8H2,(H,19,20). The maximum Gasteiger partial charge on any atom is 0.358 e. The molecule has 0 atom stereocenters. The molecule has 0 fully saturated rings. The molecule has 106 valence electrons. The Hall–Kier alpha value is -2.54. The maximum atomic E-state index is 13.4. The second-order valence-electron chi connectivity index (χ2n) is 4.34. The van der Waals surface area contributed by atoms with Gasteiger partial charge in [-0.2, -0.15) is 0 Å². The fourth-order valence-electron chi connectivity index (χ4n) is 2.02. The number of aromatic nitrogens is 3. The molecule has 0 bridgehead atoms. The van der Waals surface area contributed by atoms with Gasteiger partial charge < -0.3 is 5.11 Å². The van der Waals surface area contributed by atoms with E-state index in [9.17, 15) is 14.3 Å². The Balaban J connectivity index is 2.10. The lowest BCUT2D eigenvalue weighted by molar-refractivity contribution is 0.0689. The summed E-state index contributed by atoms with van der Waals surface area (Å²) in [6.07, 6.45) is 0.378. The van der Waals surface area contributed by atoms with Crippen LogP contribution in [0, 0.1) is 5.82 Å². The maximum absolute atomic E-state index is 13.4. The van der Waals surface area contributed by atoms with E-state index in [4.69, 9.17) is 0 Å². The van der Waals surface area contributed by atoms with E-state index in [0.29, 0.717) is 17.8 Å². The molecule has 3 rings (SSSR count). The topological polar surface area (TPSA) is 68.0 Å². The molecular weight excluding hydrogens is 293 g/mol. The highest BCUT2D eigenvalue weighted by Crippen LogP contribution is 2.20. The van der Waals surface area contributed by atoms with Crippen molar-refractivity contribution < 1.29 is 14.3 Å². The zero-order chi connectivity index (χ0) is 14.8. The first kappa shape index (κ1) is 13.4. The third-order valence-corrected chi connectivity index (χ3v) is 3.82. The van der Waals surface area contributed by atoms with Gasteiger partial charge in [0.15, 0.2) is 5.69 Å². The van der Waals surface area contributed by atoms with Crippen molar-refractivity contribution in [2.45, 2.75) is 6.42 Å². The Morgan fingerprint density at radius 2 is 2.19 bits per heavy atom. The third kappa shape index (κ3) is 2.68.